The maximum atomic E-state index is 12.7. The Morgan fingerprint density at radius 1 is 0.692 bits per heavy atom. The highest BCUT2D eigenvalue weighted by molar-refractivity contribution is 6.09. The number of aryl methyl sites for hydroxylation is 2. The molecule has 2 amide bonds. The monoisotopic (exact) mass is 346 g/mol. The number of para-hydroxylation sites is 2. The van der Waals surface area contributed by atoms with E-state index in [2.05, 4.69) is 12.1 Å². The molecule has 0 radical (unpaired) electrons. The van der Waals surface area contributed by atoms with Gasteiger partial charge in [-0.05, 0) is 48.9 Å². The van der Waals surface area contributed by atoms with E-state index in [1.54, 1.807) is 9.80 Å². The van der Waals surface area contributed by atoms with E-state index in [4.69, 9.17) is 0 Å². The smallest absolute Gasteiger partial charge is 0.251 e. The highest BCUT2D eigenvalue weighted by atomic mass is 16.2. The fraction of sp³-hybridized carbons (Fsp3) is 0.273. The van der Waals surface area contributed by atoms with Crippen molar-refractivity contribution in [3.63, 3.8) is 0 Å². The van der Waals surface area contributed by atoms with E-state index in [1.165, 1.54) is 23.3 Å². The number of carbonyl (C=O) groups is 2. The number of hydrogen-bond donors (Lipinski definition) is 0. The van der Waals surface area contributed by atoms with Crippen LogP contribution < -0.4 is 9.80 Å². The van der Waals surface area contributed by atoms with Gasteiger partial charge in [-0.1, -0.05) is 36.4 Å². The number of fused-ring (bicyclic) bond motifs is 2. The minimum atomic E-state index is -0.129. The van der Waals surface area contributed by atoms with Gasteiger partial charge in [0, 0.05) is 36.6 Å². The van der Waals surface area contributed by atoms with Crippen molar-refractivity contribution in [2.45, 2.75) is 25.7 Å². The number of carbonyl (C=O) groups excluding carboxylic acids is 2. The standard InChI is InChI=1S/C22H22N2O2/c25-21(23-15-5-9-17-7-1-3-11-19(17)23)13-14-22(26)24-16-6-10-18-8-2-4-12-20(18)24/h1-4,7-8,11-14H,5-6,9-10,15-16H2. The van der Waals surface area contributed by atoms with E-state index in [9.17, 15) is 9.59 Å². The molecule has 2 heterocycles. The molecule has 26 heavy (non-hydrogen) atoms. The summed E-state index contributed by atoms with van der Waals surface area (Å²) in [6.45, 7) is 1.39. The van der Waals surface area contributed by atoms with Crippen molar-refractivity contribution in [3.8, 4) is 0 Å². The number of benzene rings is 2. The lowest BCUT2D eigenvalue weighted by molar-refractivity contribution is -0.116. The molecule has 2 aliphatic heterocycles. The molecule has 0 unspecified atom stereocenters. The predicted octanol–water partition coefficient (Wildman–Crippen LogP) is 3.50. The topological polar surface area (TPSA) is 40.6 Å². The summed E-state index contributed by atoms with van der Waals surface area (Å²) >= 11 is 0. The second-order valence-electron chi connectivity index (χ2n) is 6.78. The van der Waals surface area contributed by atoms with Gasteiger partial charge in [-0.15, -0.1) is 0 Å². The summed E-state index contributed by atoms with van der Waals surface area (Å²) in [6.07, 6.45) is 6.72. The van der Waals surface area contributed by atoms with Crippen molar-refractivity contribution in [3.05, 3.63) is 71.8 Å². The van der Waals surface area contributed by atoms with Crippen molar-refractivity contribution in [2.75, 3.05) is 22.9 Å². The van der Waals surface area contributed by atoms with E-state index in [-0.39, 0.29) is 11.8 Å². The molecule has 132 valence electrons. The van der Waals surface area contributed by atoms with Crippen molar-refractivity contribution in [2.24, 2.45) is 0 Å². The van der Waals surface area contributed by atoms with Gasteiger partial charge in [0.1, 0.15) is 0 Å². The Labute approximate surface area is 153 Å². The summed E-state index contributed by atoms with van der Waals surface area (Å²) in [5.74, 6) is -0.258. The van der Waals surface area contributed by atoms with E-state index in [1.807, 2.05) is 36.4 Å². The minimum absolute atomic E-state index is 0.129. The van der Waals surface area contributed by atoms with Crippen molar-refractivity contribution < 1.29 is 9.59 Å². The molecule has 2 aromatic rings. The molecule has 0 fully saturated rings. The lowest BCUT2D eigenvalue weighted by Crippen LogP contribution is -2.36. The van der Waals surface area contributed by atoms with E-state index >= 15 is 0 Å². The highest BCUT2D eigenvalue weighted by Crippen LogP contribution is 2.28. The summed E-state index contributed by atoms with van der Waals surface area (Å²) in [5.41, 5.74) is 4.31. The normalized spacial score (nSPS) is 16.3. The summed E-state index contributed by atoms with van der Waals surface area (Å²) in [6, 6.07) is 16.0. The third kappa shape index (κ3) is 3.15. The molecule has 4 nitrogen and oxygen atoms in total. The largest absolute Gasteiger partial charge is 0.309 e. The quantitative estimate of drug-likeness (QED) is 0.781. The molecule has 4 rings (SSSR count). The van der Waals surface area contributed by atoms with Crippen LogP contribution in [0, 0.1) is 0 Å². The van der Waals surface area contributed by atoms with Crippen LogP contribution in [0.1, 0.15) is 24.0 Å². The molecule has 2 aromatic carbocycles. The van der Waals surface area contributed by atoms with Crippen LogP contribution in [0.25, 0.3) is 0 Å². The van der Waals surface area contributed by atoms with Gasteiger partial charge in [-0.3, -0.25) is 9.59 Å². The first-order valence-electron chi connectivity index (χ1n) is 9.21. The molecule has 0 saturated heterocycles. The van der Waals surface area contributed by atoms with Crippen LogP contribution in [-0.2, 0) is 22.4 Å². The van der Waals surface area contributed by atoms with E-state index in [0.717, 1.165) is 37.1 Å². The fourth-order valence-electron chi connectivity index (χ4n) is 3.85. The Kier molecular flexibility index (Phi) is 4.57. The Morgan fingerprint density at radius 3 is 1.58 bits per heavy atom. The van der Waals surface area contributed by atoms with Gasteiger partial charge in [-0.2, -0.15) is 0 Å². The van der Waals surface area contributed by atoms with Gasteiger partial charge >= 0.3 is 0 Å². The maximum absolute atomic E-state index is 12.7. The zero-order chi connectivity index (χ0) is 17.9. The number of hydrogen-bond acceptors (Lipinski definition) is 2. The number of anilines is 2. The fourth-order valence-corrected chi connectivity index (χ4v) is 3.85. The molecule has 0 N–H and O–H groups in total. The minimum Gasteiger partial charge on any atom is -0.309 e. The maximum Gasteiger partial charge on any atom is 0.251 e. The van der Waals surface area contributed by atoms with Crippen LogP contribution in [0.4, 0.5) is 11.4 Å². The van der Waals surface area contributed by atoms with Crippen LogP contribution in [0.15, 0.2) is 60.7 Å². The molecule has 0 bridgehead atoms. The molecule has 0 saturated carbocycles. The second kappa shape index (κ2) is 7.16. The van der Waals surface area contributed by atoms with Crippen LogP contribution in [0.3, 0.4) is 0 Å². The summed E-state index contributed by atoms with van der Waals surface area (Å²) < 4.78 is 0. The third-order valence-corrected chi connectivity index (χ3v) is 5.12. The lowest BCUT2D eigenvalue weighted by atomic mass is 10.0. The zero-order valence-corrected chi connectivity index (χ0v) is 14.7. The van der Waals surface area contributed by atoms with Gasteiger partial charge in [-0.25, -0.2) is 0 Å². The average molecular weight is 346 g/mol. The van der Waals surface area contributed by atoms with Gasteiger partial charge in [0.2, 0.25) is 0 Å². The summed E-state index contributed by atoms with van der Waals surface area (Å²) in [5, 5.41) is 0. The lowest BCUT2D eigenvalue weighted by Gasteiger charge is -2.29. The van der Waals surface area contributed by atoms with Crippen LogP contribution in [-0.4, -0.2) is 24.9 Å². The molecule has 0 aliphatic carbocycles. The third-order valence-electron chi connectivity index (χ3n) is 5.12. The first kappa shape index (κ1) is 16.6. The Morgan fingerprint density at radius 2 is 1.12 bits per heavy atom. The zero-order valence-electron chi connectivity index (χ0n) is 14.7. The summed E-state index contributed by atoms with van der Waals surface area (Å²) in [7, 11) is 0. The van der Waals surface area contributed by atoms with E-state index < -0.39 is 0 Å². The van der Waals surface area contributed by atoms with Gasteiger partial charge in [0.15, 0.2) is 0 Å². The SMILES string of the molecule is O=C(C=CC(=O)N1CCCc2ccccc21)N1CCCc2ccccc21. The molecule has 4 heteroatoms. The van der Waals surface area contributed by atoms with E-state index in [0.29, 0.717) is 13.1 Å². The number of rotatable bonds is 2. The molecule has 2 aliphatic rings. The first-order valence-corrected chi connectivity index (χ1v) is 9.21. The molecular weight excluding hydrogens is 324 g/mol. The average Bonchev–Trinajstić information content (AvgIpc) is 2.71. The van der Waals surface area contributed by atoms with Gasteiger partial charge in [0.25, 0.3) is 11.8 Å². The molecule has 0 atom stereocenters. The van der Waals surface area contributed by atoms with Crippen LogP contribution >= 0.6 is 0 Å². The van der Waals surface area contributed by atoms with Gasteiger partial charge < -0.3 is 9.80 Å². The summed E-state index contributed by atoms with van der Waals surface area (Å²) in [4.78, 5) is 28.9. The van der Waals surface area contributed by atoms with Crippen LogP contribution in [0.5, 0.6) is 0 Å². The van der Waals surface area contributed by atoms with Crippen molar-refractivity contribution in [1.29, 1.82) is 0 Å². The highest BCUT2D eigenvalue weighted by Gasteiger charge is 2.23. The number of nitrogens with zero attached hydrogens (tertiary/aromatic N) is 2. The first-order chi connectivity index (χ1) is 12.7. The predicted molar refractivity (Wildman–Crippen MR) is 103 cm³/mol. The second-order valence-corrected chi connectivity index (χ2v) is 6.78. The van der Waals surface area contributed by atoms with Crippen molar-refractivity contribution >= 4 is 23.2 Å². The van der Waals surface area contributed by atoms with Crippen molar-refractivity contribution in [1.82, 2.24) is 0 Å². The number of amides is 2. The molecule has 0 aromatic heterocycles. The molecule has 0 spiro atoms. The van der Waals surface area contributed by atoms with Gasteiger partial charge in [0.05, 0.1) is 0 Å². The Bertz CT molecular complexity index is 800. The van der Waals surface area contributed by atoms with Crippen LogP contribution in [0.2, 0.25) is 0 Å². The molecular formula is C22H22N2O2. The Hall–Kier alpha value is -2.88. The Balaban J connectivity index is 1.51.